The van der Waals surface area contributed by atoms with Gasteiger partial charge in [0.25, 0.3) is 0 Å². The van der Waals surface area contributed by atoms with Gasteiger partial charge in [-0.3, -0.25) is 4.98 Å². The van der Waals surface area contributed by atoms with Crippen molar-refractivity contribution in [1.29, 1.82) is 0 Å². The SMILES string of the molecule is c1cc(Nc2ccc3scnc3c2)c2cc(-c3ccc(N4CCCCC4)nc3)ccc2n1. The Morgan fingerprint density at radius 2 is 1.69 bits per heavy atom. The Hall–Kier alpha value is -3.51. The highest BCUT2D eigenvalue weighted by Crippen LogP contribution is 2.31. The molecule has 4 heterocycles. The summed E-state index contributed by atoms with van der Waals surface area (Å²) in [6.07, 6.45) is 7.68. The van der Waals surface area contributed by atoms with Crippen LogP contribution in [0, 0.1) is 0 Å². The van der Waals surface area contributed by atoms with E-state index in [1.807, 2.05) is 24.0 Å². The van der Waals surface area contributed by atoms with Crippen LogP contribution >= 0.6 is 11.3 Å². The Bertz CT molecular complexity index is 1390. The van der Waals surface area contributed by atoms with Gasteiger partial charge in [0, 0.05) is 47.8 Å². The van der Waals surface area contributed by atoms with E-state index < -0.39 is 0 Å². The van der Waals surface area contributed by atoms with E-state index in [1.54, 1.807) is 11.3 Å². The maximum atomic E-state index is 4.76. The maximum Gasteiger partial charge on any atom is 0.128 e. The van der Waals surface area contributed by atoms with Gasteiger partial charge in [-0.25, -0.2) is 9.97 Å². The zero-order valence-electron chi connectivity index (χ0n) is 17.7. The lowest BCUT2D eigenvalue weighted by Gasteiger charge is -2.27. The van der Waals surface area contributed by atoms with Gasteiger partial charge in [0.15, 0.2) is 0 Å². The molecule has 158 valence electrons. The van der Waals surface area contributed by atoms with Gasteiger partial charge in [0.2, 0.25) is 0 Å². The van der Waals surface area contributed by atoms with E-state index in [-0.39, 0.29) is 0 Å². The van der Waals surface area contributed by atoms with Crippen molar-refractivity contribution >= 4 is 49.6 Å². The number of nitrogens with zero attached hydrogens (tertiary/aromatic N) is 4. The van der Waals surface area contributed by atoms with Crippen molar-refractivity contribution in [2.75, 3.05) is 23.3 Å². The Morgan fingerprint density at radius 3 is 2.56 bits per heavy atom. The topological polar surface area (TPSA) is 53.9 Å². The highest BCUT2D eigenvalue weighted by molar-refractivity contribution is 7.16. The van der Waals surface area contributed by atoms with Gasteiger partial charge in [0.05, 0.1) is 21.2 Å². The van der Waals surface area contributed by atoms with Crippen LogP contribution < -0.4 is 10.2 Å². The summed E-state index contributed by atoms with van der Waals surface area (Å²) in [7, 11) is 0. The lowest BCUT2D eigenvalue weighted by Crippen LogP contribution is -2.29. The van der Waals surface area contributed by atoms with Crippen LogP contribution in [0.15, 0.2) is 72.5 Å². The molecule has 0 atom stereocenters. The summed E-state index contributed by atoms with van der Waals surface area (Å²) in [5.41, 5.74) is 8.17. The normalized spacial score (nSPS) is 14.2. The second kappa shape index (κ2) is 8.20. The van der Waals surface area contributed by atoms with Gasteiger partial charge < -0.3 is 10.2 Å². The number of pyridine rings is 2. The number of benzene rings is 2. The van der Waals surface area contributed by atoms with E-state index in [4.69, 9.17) is 4.98 Å². The molecular formula is C26H23N5S. The summed E-state index contributed by atoms with van der Waals surface area (Å²) in [6.45, 7) is 2.21. The number of thiazole rings is 1. The standard InChI is InChI=1S/C26H23N5S/c1-2-12-31(13-3-1)26-9-5-19(16-28-26)18-4-7-22-21(14-18)23(10-11-27-22)30-20-6-8-25-24(15-20)29-17-32-25/h4-11,14-17H,1-3,12-13H2,(H,27,30). The van der Waals surface area contributed by atoms with Crippen LogP contribution in [0.2, 0.25) is 0 Å². The van der Waals surface area contributed by atoms with Crippen molar-refractivity contribution in [2.24, 2.45) is 0 Å². The van der Waals surface area contributed by atoms with E-state index in [2.05, 4.69) is 68.7 Å². The smallest absolute Gasteiger partial charge is 0.128 e. The second-order valence-electron chi connectivity index (χ2n) is 8.20. The molecule has 2 aromatic carbocycles. The third-order valence-corrected chi connectivity index (χ3v) is 6.92. The molecule has 1 aliphatic heterocycles. The molecule has 5 nitrogen and oxygen atoms in total. The molecule has 5 aromatic rings. The summed E-state index contributed by atoms with van der Waals surface area (Å²) in [5.74, 6) is 1.08. The zero-order valence-corrected chi connectivity index (χ0v) is 18.5. The lowest BCUT2D eigenvalue weighted by atomic mass is 10.0. The molecule has 0 radical (unpaired) electrons. The largest absolute Gasteiger partial charge is 0.357 e. The van der Waals surface area contributed by atoms with Crippen molar-refractivity contribution < 1.29 is 0 Å². The van der Waals surface area contributed by atoms with E-state index in [1.165, 1.54) is 24.0 Å². The number of piperidine rings is 1. The first-order valence-electron chi connectivity index (χ1n) is 11.0. The minimum atomic E-state index is 0.964. The summed E-state index contributed by atoms with van der Waals surface area (Å²) < 4.78 is 1.19. The van der Waals surface area contributed by atoms with Gasteiger partial charge in [0.1, 0.15) is 5.82 Å². The van der Waals surface area contributed by atoms with Crippen LogP contribution in [0.25, 0.3) is 32.2 Å². The Morgan fingerprint density at radius 1 is 0.781 bits per heavy atom. The number of fused-ring (bicyclic) bond motifs is 2. The average Bonchev–Trinajstić information content (AvgIpc) is 3.33. The monoisotopic (exact) mass is 437 g/mol. The number of rotatable bonds is 4. The Labute approximate surface area is 190 Å². The van der Waals surface area contributed by atoms with Crippen molar-refractivity contribution in [3.8, 4) is 11.1 Å². The molecule has 6 heteroatoms. The zero-order chi connectivity index (χ0) is 21.3. The van der Waals surface area contributed by atoms with E-state index in [0.717, 1.165) is 57.8 Å². The molecule has 1 aliphatic rings. The molecular weight excluding hydrogens is 414 g/mol. The molecule has 0 saturated carbocycles. The predicted octanol–water partition coefficient (Wildman–Crippen LogP) is 6.64. The van der Waals surface area contributed by atoms with Crippen molar-refractivity contribution in [3.05, 3.63) is 72.5 Å². The molecule has 6 rings (SSSR count). The van der Waals surface area contributed by atoms with E-state index in [9.17, 15) is 0 Å². The molecule has 32 heavy (non-hydrogen) atoms. The molecule has 0 spiro atoms. The first-order valence-corrected chi connectivity index (χ1v) is 11.9. The van der Waals surface area contributed by atoms with Gasteiger partial charge in [-0.05, 0) is 73.4 Å². The molecule has 0 aliphatic carbocycles. The van der Waals surface area contributed by atoms with Crippen molar-refractivity contribution in [3.63, 3.8) is 0 Å². The third-order valence-electron chi connectivity index (χ3n) is 6.11. The fourth-order valence-electron chi connectivity index (χ4n) is 4.39. The number of hydrogen-bond acceptors (Lipinski definition) is 6. The highest BCUT2D eigenvalue weighted by Gasteiger charge is 2.12. The maximum absolute atomic E-state index is 4.76. The van der Waals surface area contributed by atoms with Gasteiger partial charge in [-0.2, -0.15) is 0 Å². The first-order chi connectivity index (χ1) is 15.8. The average molecular weight is 438 g/mol. The second-order valence-corrected chi connectivity index (χ2v) is 9.09. The molecule has 1 N–H and O–H groups in total. The van der Waals surface area contributed by atoms with Gasteiger partial charge in [-0.1, -0.05) is 6.07 Å². The number of aromatic nitrogens is 3. The van der Waals surface area contributed by atoms with Crippen LogP contribution in [0.1, 0.15) is 19.3 Å². The van der Waals surface area contributed by atoms with Gasteiger partial charge in [-0.15, -0.1) is 11.3 Å². The molecule has 1 fully saturated rings. The fourth-order valence-corrected chi connectivity index (χ4v) is 5.05. The Kier molecular flexibility index (Phi) is 4.92. The predicted molar refractivity (Wildman–Crippen MR) is 134 cm³/mol. The summed E-state index contributed by atoms with van der Waals surface area (Å²) >= 11 is 1.66. The minimum absolute atomic E-state index is 0.964. The molecule has 3 aromatic heterocycles. The van der Waals surface area contributed by atoms with Crippen molar-refractivity contribution in [2.45, 2.75) is 19.3 Å². The first kappa shape index (κ1) is 19.2. The van der Waals surface area contributed by atoms with Crippen LogP contribution in [0.4, 0.5) is 17.2 Å². The van der Waals surface area contributed by atoms with Crippen LogP contribution in [0.3, 0.4) is 0 Å². The van der Waals surface area contributed by atoms with Crippen LogP contribution in [-0.2, 0) is 0 Å². The summed E-state index contributed by atoms with van der Waals surface area (Å²) in [4.78, 5) is 16.1. The number of hydrogen-bond donors (Lipinski definition) is 1. The Balaban J connectivity index is 1.32. The lowest BCUT2D eigenvalue weighted by molar-refractivity contribution is 0.573. The molecule has 0 amide bonds. The number of anilines is 3. The molecule has 0 unspecified atom stereocenters. The minimum Gasteiger partial charge on any atom is -0.357 e. The summed E-state index contributed by atoms with van der Waals surface area (Å²) in [5, 5.41) is 4.65. The van der Waals surface area contributed by atoms with Crippen LogP contribution in [0.5, 0.6) is 0 Å². The van der Waals surface area contributed by atoms with Crippen molar-refractivity contribution in [1.82, 2.24) is 15.0 Å². The van der Waals surface area contributed by atoms with E-state index >= 15 is 0 Å². The fraction of sp³-hybridized carbons (Fsp3) is 0.192. The number of nitrogens with one attached hydrogen (secondary N) is 1. The quantitative estimate of drug-likeness (QED) is 0.341. The summed E-state index contributed by atoms with van der Waals surface area (Å²) in [6, 6.07) is 19.0. The van der Waals surface area contributed by atoms with Crippen LogP contribution in [-0.4, -0.2) is 28.0 Å². The van der Waals surface area contributed by atoms with E-state index in [0.29, 0.717) is 0 Å². The highest BCUT2D eigenvalue weighted by atomic mass is 32.1. The third kappa shape index (κ3) is 3.67. The molecule has 1 saturated heterocycles. The van der Waals surface area contributed by atoms with Gasteiger partial charge >= 0.3 is 0 Å². The molecule has 0 bridgehead atoms.